The number of aryl methyl sites for hydroxylation is 2. The van der Waals surface area contributed by atoms with Crippen LogP contribution >= 0.6 is 0 Å². The van der Waals surface area contributed by atoms with Gasteiger partial charge in [0.25, 0.3) is 5.91 Å². The van der Waals surface area contributed by atoms with Gasteiger partial charge in [-0.2, -0.15) is 0 Å². The van der Waals surface area contributed by atoms with Gasteiger partial charge in [0.2, 0.25) is 5.95 Å². The molecule has 0 spiro atoms. The molecule has 3 aliphatic rings. The number of aromatic amines is 1. The highest BCUT2D eigenvalue weighted by molar-refractivity contribution is 5.97. The van der Waals surface area contributed by atoms with Gasteiger partial charge in [-0.1, -0.05) is 11.3 Å². The van der Waals surface area contributed by atoms with Crippen molar-refractivity contribution in [3.05, 3.63) is 70.5 Å². The highest BCUT2D eigenvalue weighted by Crippen LogP contribution is 2.40. The summed E-state index contributed by atoms with van der Waals surface area (Å²) in [6.07, 6.45) is 6.13. The van der Waals surface area contributed by atoms with Gasteiger partial charge in [0.05, 0.1) is 11.2 Å². The summed E-state index contributed by atoms with van der Waals surface area (Å²) in [5.41, 5.74) is 8.04. The maximum atomic E-state index is 13.5. The number of fused-ring (bicyclic) bond motifs is 4. The van der Waals surface area contributed by atoms with Crippen molar-refractivity contribution in [2.75, 3.05) is 5.32 Å². The highest BCUT2D eigenvalue weighted by atomic mass is 16.2. The Balaban J connectivity index is 1.04. The van der Waals surface area contributed by atoms with E-state index in [1.54, 1.807) is 0 Å². The first-order chi connectivity index (χ1) is 18.0. The second-order valence-electron chi connectivity index (χ2n) is 10.8. The van der Waals surface area contributed by atoms with Crippen LogP contribution in [0, 0.1) is 13.8 Å². The predicted molar refractivity (Wildman–Crippen MR) is 140 cm³/mol. The molecule has 2 saturated heterocycles. The van der Waals surface area contributed by atoms with Gasteiger partial charge in [0.1, 0.15) is 5.52 Å². The summed E-state index contributed by atoms with van der Waals surface area (Å²) < 4.78 is 0. The number of carbonyl (C=O) groups is 1. The Morgan fingerprint density at radius 3 is 2.57 bits per heavy atom. The fraction of sp³-hybridized carbons (Fsp3) is 0.393. The van der Waals surface area contributed by atoms with Gasteiger partial charge >= 0.3 is 0 Å². The molecule has 9 nitrogen and oxygen atoms in total. The molecule has 188 valence electrons. The molecule has 7 rings (SSSR count). The maximum Gasteiger partial charge on any atom is 0.254 e. The van der Waals surface area contributed by atoms with Crippen molar-refractivity contribution in [1.29, 1.82) is 0 Å². The first-order valence-corrected chi connectivity index (χ1v) is 13.1. The van der Waals surface area contributed by atoms with Crippen molar-refractivity contribution in [3.8, 4) is 0 Å². The number of anilines is 2. The third kappa shape index (κ3) is 4.03. The second kappa shape index (κ2) is 8.62. The predicted octanol–water partition coefficient (Wildman–Crippen LogP) is 4.26. The van der Waals surface area contributed by atoms with Crippen LogP contribution in [0.1, 0.15) is 58.4 Å². The van der Waals surface area contributed by atoms with E-state index in [9.17, 15) is 4.79 Å². The first kappa shape index (κ1) is 22.4. The zero-order valence-electron chi connectivity index (χ0n) is 21.1. The minimum absolute atomic E-state index is 0.119. The second-order valence-corrected chi connectivity index (χ2v) is 10.8. The summed E-state index contributed by atoms with van der Waals surface area (Å²) in [6.45, 7) is 5.90. The molecule has 2 aromatic heterocycles. The van der Waals surface area contributed by atoms with Crippen LogP contribution in [0.5, 0.6) is 0 Å². The van der Waals surface area contributed by atoms with E-state index < -0.39 is 0 Å². The Hall–Kier alpha value is -3.85. The number of piperidine rings is 1. The fourth-order valence-electron chi connectivity index (χ4n) is 6.57. The van der Waals surface area contributed by atoms with Crippen LogP contribution in [0.25, 0.3) is 11.0 Å². The average Bonchev–Trinajstić information content (AvgIpc) is 3.58. The van der Waals surface area contributed by atoms with E-state index in [0.717, 1.165) is 61.2 Å². The van der Waals surface area contributed by atoms with Gasteiger partial charge < -0.3 is 10.2 Å². The summed E-state index contributed by atoms with van der Waals surface area (Å²) in [5.74, 6) is 0.767. The molecule has 2 atom stereocenters. The van der Waals surface area contributed by atoms with E-state index in [-0.39, 0.29) is 18.0 Å². The van der Waals surface area contributed by atoms with Gasteiger partial charge in [0.15, 0.2) is 0 Å². The molecule has 2 fully saturated rings. The highest BCUT2D eigenvalue weighted by Gasteiger charge is 2.45. The molecule has 3 aliphatic heterocycles. The lowest BCUT2D eigenvalue weighted by Crippen LogP contribution is -2.51. The molecule has 0 aliphatic carbocycles. The molecule has 1 amide bonds. The molecule has 0 saturated carbocycles. The molecule has 2 N–H and O–H groups in total. The number of nitrogens with one attached hydrogen (secondary N) is 2. The minimum Gasteiger partial charge on any atom is -0.333 e. The summed E-state index contributed by atoms with van der Waals surface area (Å²) >= 11 is 0. The Morgan fingerprint density at radius 1 is 1.00 bits per heavy atom. The summed E-state index contributed by atoms with van der Waals surface area (Å²) in [7, 11) is 0. The average molecular weight is 495 g/mol. The van der Waals surface area contributed by atoms with Gasteiger partial charge in [-0.05, 0) is 81.0 Å². The summed E-state index contributed by atoms with van der Waals surface area (Å²) in [4.78, 5) is 27.6. The molecule has 0 radical (unpaired) electrons. The van der Waals surface area contributed by atoms with Gasteiger partial charge in [-0.15, -0.1) is 5.10 Å². The topological polar surface area (TPSA) is 103 Å². The summed E-state index contributed by atoms with van der Waals surface area (Å²) in [5, 5.41) is 14.2. The Labute approximate surface area is 215 Å². The normalized spacial score (nSPS) is 23.0. The standard InChI is InChI=1S/C28H30N8O/c1-16-7-17(2)9-20(8-16)30-28-29-13-19-14-35(15-26(19)31-28)23-11-21-4-5-22(12-23)36(21)27(37)18-3-6-24-25(10-18)33-34-32-24/h3,6-10,13,21-23H,4-5,11-12,14-15H2,1-2H3,(H,29,30,31)(H,32,33,34). The maximum absolute atomic E-state index is 13.5. The Bertz CT molecular complexity index is 1480. The zero-order valence-corrected chi connectivity index (χ0v) is 21.1. The van der Waals surface area contributed by atoms with Crippen molar-refractivity contribution in [2.45, 2.75) is 70.7 Å². The van der Waals surface area contributed by atoms with Crippen molar-refractivity contribution in [3.63, 3.8) is 0 Å². The van der Waals surface area contributed by atoms with E-state index in [1.807, 2.05) is 24.4 Å². The van der Waals surface area contributed by atoms with Gasteiger partial charge in [-0.3, -0.25) is 14.8 Å². The fourth-order valence-corrected chi connectivity index (χ4v) is 6.57. The van der Waals surface area contributed by atoms with E-state index in [2.05, 4.69) is 67.6 Å². The van der Waals surface area contributed by atoms with Crippen LogP contribution in [-0.4, -0.2) is 59.2 Å². The van der Waals surface area contributed by atoms with Crippen LogP contribution < -0.4 is 5.32 Å². The van der Waals surface area contributed by atoms with E-state index >= 15 is 0 Å². The summed E-state index contributed by atoms with van der Waals surface area (Å²) in [6, 6.07) is 13.0. The Kier molecular flexibility index (Phi) is 5.21. The van der Waals surface area contributed by atoms with Gasteiger partial charge in [0, 0.05) is 54.2 Å². The van der Waals surface area contributed by atoms with Crippen LogP contribution in [-0.2, 0) is 13.1 Å². The number of hydrogen-bond donors (Lipinski definition) is 2. The Morgan fingerprint density at radius 2 is 1.78 bits per heavy atom. The number of rotatable bonds is 4. The molecule has 37 heavy (non-hydrogen) atoms. The number of carbonyl (C=O) groups excluding carboxylic acids is 1. The lowest BCUT2D eigenvalue weighted by Gasteiger charge is -2.42. The lowest BCUT2D eigenvalue weighted by molar-refractivity contribution is 0.0393. The number of aromatic nitrogens is 5. The number of H-pyrrole nitrogens is 1. The van der Waals surface area contributed by atoms with E-state index in [4.69, 9.17) is 4.98 Å². The van der Waals surface area contributed by atoms with E-state index in [1.165, 1.54) is 16.7 Å². The molecular weight excluding hydrogens is 464 g/mol. The molecule has 5 heterocycles. The third-order valence-electron chi connectivity index (χ3n) is 8.19. The van der Waals surface area contributed by atoms with Crippen molar-refractivity contribution in [1.82, 2.24) is 35.2 Å². The molecule has 4 aromatic rings. The smallest absolute Gasteiger partial charge is 0.254 e. The zero-order chi connectivity index (χ0) is 25.1. The van der Waals surface area contributed by atoms with E-state index in [0.29, 0.717) is 17.6 Å². The van der Waals surface area contributed by atoms with Crippen LogP contribution in [0.2, 0.25) is 0 Å². The number of nitrogens with zero attached hydrogens (tertiary/aromatic N) is 6. The van der Waals surface area contributed by atoms with Gasteiger partial charge in [-0.25, -0.2) is 9.97 Å². The number of benzene rings is 2. The third-order valence-corrected chi connectivity index (χ3v) is 8.19. The van der Waals surface area contributed by atoms with Crippen molar-refractivity contribution < 1.29 is 4.79 Å². The molecule has 2 bridgehead atoms. The monoisotopic (exact) mass is 494 g/mol. The minimum atomic E-state index is 0.119. The largest absolute Gasteiger partial charge is 0.333 e. The lowest BCUT2D eigenvalue weighted by atomic mass is 9.95. The first-order valence-electron chi connectivity index (χ1n) is 13.1. The quantitative estimate of drug-likeness (QED) is 0.437. The molecule has 9 heteroatoms. The van der Waals surface area contributed by atoms with Crippen LogP contribution in [0.15, 0.2) is 42.6 Å². The molecule has 2 unspecified atom stereocenters. The van der Waals surface area contributed by atoms with Crippen molar-refractivity contribution in [2.24, 2.45) is 0 Å². The SMILES string of the molecule is Cc1cc(C)cc(Nc2ncc3c(n2)CN(C2CC4CCC(C2)N4C(=O)c2ccc4[nH]nnc4c2)C3)c1. The number of hydrogen-bond acceptors (Lipinski definition) is 7. The van der Waals surface area contributed by atoms with Crippen LogP contribution in [0.4, 0.5) is 11.6 Å². The molecular formula is C28H30N8O. The van der Waals surface area contributed by atoms with Crippen LogP contribution in [0.3, 0.4) is 0 Å². The number of amides is 1. The van der Waals surface area contributed by atoms with Crippen molar-refractivity contribution >= 4 is 28.6 Å². The molecule has 2 aromatic carbocycles.